The summed E-state index contributed by atoms with van der Waals surface area (Å²) in [5.41, 5.74) is 1.17. The van der Waals surface area contributed by atoms with Gasteiger partial charge in [0.15, 0.2) is 5.96 Å². The molecular formula is C19H29ClN4O. The molecule has 3 unspecified atom stereocenters. The van der Waals surface area contributed by atoms with Gasteiger partial charge in [0.25, 0.3) is 0 Å². The summed E-state index contributed by atoms with van der Waals surface area (Å²) in [6.07, 6.45) is 4.00. The number of guanidine groups is 1. The Morgan fingerprint density at radius 3 is 2.96 bits per heavy atom. The van der Waals surface area contributed by atoms with Crippen molar-refractivity contribution in [3.05, 3.63) is 29.3 Å². The predicted octanol–water partition coefficient (Wildman–Crippen LogP) is 2.63. The second kappa shape index (κ2) is 8.77. The van der Waals surface area contributed by atoms with Gasteiger partial charge in [-0.2, -0.15) is 0 Å². The molecule has 1 aliphatic carbocycles. The Labute approximate surface area is 155 Å². The maximum Gasteiger partial charge on any atom is 0.191 e. The number of aliphatic hydroxyl groups excluding tert-OH is 1. The lowest BCUT2D eigenvalue weighted by molar-refractivity contribution is 0.136. The van der Waals surface area contributed by atoms with Crippen molar-refractivity contribution in [2.75, 3.05) is 31.1 Å². The van der Waals surface area contributed by atoms with Gasteiger partial charge in [0, 0.05) is 48.8 Å². The van der Waals surface area contributed by atoms with E-state index in [4.69, 9.17) is 16.6 Å². The number of nitrogens with zero attached hydrogens (tertiary/aromatic N) is 2. The van der Waals surface area contributed by atoms with E-state index in [1.54, 1.807) is 0 Å². The maximum atomic E-state index is 9.97. The van der Waals surface area contributed by atoms with Crippen molar-refractivity contribution in [2.45, 2.75) is 44.8 Å². The van der Waals surface area contributed by atoms with Crippen LogP contribution in [-0.2, 0) is 0 Å². The molecule has 6 heteroatoms. The van der Waals surface area contributed by atoms with Crippen molar-refractivity contribution in [1.29, 1.82) is 0 Å². The lowest BCUT2D eigenvalue weighted by Gasteiger charge is -2.21. The van der Waals surface area contributed by atoms with Crippen LogP contribution in [0.4, 0.5) is 5.69 Å². The summed E-state index contributed by atoms with van der Waals surface area (Å²) in [5.74, 6) is 1.17. The number of aliphatic imine (C=N–C) groups is 1. The fourth-order valence-corrected chi connectivity index (χ4v) is 3.92. The second-order valence-corrected chi connectivity index (χ2v) is 7.47. The lowest BCUT2D eigenvalue weighted by Crippen LogP contribution is -2.45. The van der Waals surface area contributed by atoms with Crippen LogP contribution < -0.4 is 15.5 Å². The lowest BCUT2D eigenvalue weighted by atomic mass is 10.1. The first kappa shape index (κ1) is 18.3. The summed E-state index contributed by atoms with van der Waals surface area (Å²) < 4.78 is 0. The van der Waals surface area contributed by atoms with E-state index in [0.717, 1.165) is 56.3 Å². The number of rotatable bonds is 5. The third kappa shape index (κ3) is 5.02. The molecule has 1 saturated heterocycles. The number of halogens is 1. The van der Waals surface area contributed by atoms with Gasteiger partial charge in [0.2, 0.25) is 0 Å². The van der Waals surface area contributed by atoms with Gasteiger partial charge >= 0.3 is 0 Å². The number of anilines is 1. The molecule has 0 amide bonds. The molecule has 1 saturated carbocycles. The zero-order valence-corrected chi connectivity index (χ0v) is 15.7. The zero-order chi connectivity index (χ0) is 17.6. The molecule has 2 aliphatic rings. The molecule has 138 valence electrons. The minimum Gasteiger partial charge on any atom is -0.393 e. The van der Waals surface area contributed by atoms with E-state index in [9.17, 15) is 5.11 Å². The molecule has 1 aliphatic heterocycles. The van der Waals surface area contributed by atoms with E-state index >= 15 is 0 Å². The standard InChI is InChI=1S/C19H29ClN4O/c1-2-21-19(22-12-14-5-3-8-18(14)25)23-16-9-10-24(13-16)17-7-4-6-15(20)11-17/h4,6-7,11,14,16,18,25H,2-3,5,8-10,12-13H2,1H3,(H2,21,22,23). The Morgan fingerprint density at radius 1 is 1.36 bits per heavy atom. The van der Waals surface area contributed by atoms with E-state index in [-0.39, 0.29) is 6.10 Å². The molecule has 0 aromatic heterocycles. The van der Waals surface area contributed by atoms with Crippen LogP contribution in [0.15, 0.2) is 29.3 Å². The molecule has 0 radical (unpaired) electrons. The first-order chi connectivity index (χ1) is 12.2. The fourth-order valence-electron chi connectivity index (χ4n) is 3.74. The fraction of sp³-hybridized carbons (Fsp3) is 0.632. The van der Waals surface area contributed by atoms with Gasteiger partial charge in [-0.1, -0.05) is 24.1 Å². The predicted molar refractivity (Wildman–Crippen MR) is 105 cm³/mol. The Morgan fingerprint density at radius 2 is 2.24 bits per heavy atom. The van der Waals surface area contributed by atoms with Crippen molar-refractivity contribution in [1.82, 2.24) is 10.6 Å². The highest BCUT2D eigenvalue weighted by atomic mass is 35.5. The Bertz CT molecular complexity index is 595. The van der Waals surface area contributed by atoms with E-state index in [1.807, 2.05) is 18.2 Å². The number of hydrogen-bond acceptors (Lipinski definition) is 3. The molecule has 1 heterocycles. The molecule has 3 rings (SSSR count). The number of aliphatic hydroxyl groups is 1. The number of hydrogen-bond donors (Lipinski definition) is 3. The number of benzene rings is 1. The van der Waals surface area contributed by atoms with Crippen LogP contribution in [0.5, 0.6) is 0 Å². The first-order valence-corrected chi connectivity index (χ1v) is 9.77. The SMILES string of the molecule is CCNC(=NCC1CCCC1O)NC1CCN(c2cccc(Cl)c2)C1. The average Bonchev–Trinajstić information content (AvgIpc) is 3.22. The van der Waals surface area contributed by atoms with Crippen LogP contribution in [0.1, 0.15) is 32.6 Å². The molecule has 25 heavy (non-hydrogen) atoms. The molecule has 0 bridgehead atoms. The molecule has 3 N–H and O–H groups in total. The van der Waals surface area contributed by atoms with E-state index in [2.05, 4.69) is 28.5 Å². The molecule has 1 aromatic carbocycles. The van der Waals surface area contributed by atoms with Crippen molar-refractivity contribution in [3.8, 4) is 0 Å². The van der Waals surface area contributed by atoms with Gasteiger partial charge in [-0.25, -0.2) is 0 Å². The monoisotopic (exact) mass is 364 g/mol. The van der Waals surface area contributed by atoms with Gasteiger partial charge in [0.1, 0.15) is 0 Å². The van der Waals surface area contributed by atoms with Crippen molar-refractivity contribution < 1.29 is 5.11 Å². The summed E-state index contributed by atoms with van der Waals surface area (Å²) in [6.45, 7) is 5.56. The molecule has 0 spiro atoms. The quantitative estimate of drug-likeness (QED) is 0.555. The molecule has 5 nitrogen and oxygen atoms in total. The summed E-state index contributed by atoms with van der Waals surface area (Å²) in [7, 11) is 0. The highest BCUT2D eigenvalue weighted by Gasteiger charge is 2.26. The van der Waals surface area contributed by atoms with E-state index in [0.29, 0.717) is 18.5 Å². The third-order valence-corrected chi connectivity index (χ3v) is 5.38. The summed E-state index contributed by atoms with van der Waals surface area (Å²) in [5, 5.41) is 17.6. The minimum atomic E-state index is -0.184. The van der Waals surface area contributed by atoms with Crippen molar-refractivity contribution >= 4 is 23.2 Å². The maximum absolute atomic E-state index is 9.97. The Hall–Kier alpha value is -1.46. The van der Waals surface area contributed by atoms with Gasteiger partial charge in [-0.3, -0.25) is 4.99 Å². The van der Waals surface area contributed by atoms with Crippen LogP contribution in [-0.4, -0.2) is 49.4 Å². The smallest absolute Gasteiger partial charge is 0.191 e. The molecule has 3 atom stereocenters. The zero-order valence-electron chi connectivity index (χ0n) is 14.9. The van der Waals surface area contributed by atoms with Crippen LogP contribution in [0.25, 0.3) is 0 Å². The molecule has 2 fully saturated rings. The summed E-state index contributed by atoms with van der Waals surface area (Å²) in [4.78, 5) is 7.07. The average molecular weight is 365 g/mol. The van der Waals surface area contributed by atoms with Gasteiger partial charge < -0.3 is 20.6 Å². The van der Waals surface area contributed by atoms with Crippen LogP contribution >= 0.6 is 11.6 Å². The number of nitrogens with one attached hydrogen (secondary N) is 2. The highest BCUT2D eigenvalue weighted by molar-refractivity contribution is 6.30. The summed E-state index contributed by atoms with van der Waals surface area (Å²) >= 11 is 6.11. The van der Waals surface area contributed by atoms with Crippen molar-refractivity contribution in [2.24, 2.45) is 10.9 Å². The largest absolute Gasteiger partial charge is 0.393 e. The van der Waals surface area contributed by atoms with Crippen LogP contribution in [0.3, 0.4) is 0 Å². The van der Waals surface area contributed by atoms with Crippen LogP contribution in [0, 0.1) is 5.92 Å². The van der Waals surface area contributed by atoms with Gasteiger partial charge in [-0.05, 0) is 44.4 Å². The van der Waals surface area contributed by atoms with E-state index < -0.39 is 0 Å². The highest BCUT2D eigenvalue weighted by Crippen LogP contribution is 2.26. The molecule has 1 aromatic rings. The normalized spacial score (nSPS) is 26.9. The second-order valence-electron chi connectivity index (χ2n) is 7.03. The topological polar surface area (TPSA) is 59.9 Å². The van der Waals surface area contributed by atoms with Crippen molar-refractivity contribution in [3.63, 3.8) is 0 Å². The summed E-state index contributed by atoms with van der Waals surface area (Å²) in [6, 6.07) is 8.39. The third-order valence-electron chi connectivity index (χ3n) is 5.15. The van der Waals surface area contributed by atoms with Gasteiger partial charge in [-0.15, -0.1) is 0 Å². The minimum absolute atomic E-state index is 0.184. The first-order valence-electron chi connectivity index (χ1n) is 9.39. The van der Waals surface area contributed by atoms with Gasteiger partial charge in [0.05, 0.1) is 6.10 Å². The van der Waals surface area contributed by atoms with E-state index in [1.165, 1.54) is 5.69 Å². The Kier molecular flexibility index (Phi) is 6.43. The Balaban J connectivity index is 1.55. The van der Waals surface area contributed by atoms with Crippen LogP contribution in [0.2, 0.25) is 5.02 Å². The molecular weight excluding hydrogens is 336 g/mol.